The molecule has 5 nitrogen and oxygen atoms in total. The van der Waals surface area contributed by atoms with Crippen molar-refractivity contribution in [2.75, 3.05) is 5.75 Å². The molecule has 0 fully saturated rings. The molecule has 0 radical (unpaired) electrons. The van der Waals surface area contributed by atoms with Gasteiger partial charge in [-0.3, -0.25) is 19.2 Å². The third kappa shape index (κ3) is 3.74. The summed E-state index contributed by atoms with van der Waals surface area (Å²) < 4.78 is 78.8. The van der Waals surface area contributed by atoms with E-state index in [0.717, 1.165) is 19.2 Å². The fraction of sp³-hybridized carbons (Fsp3) is 0.167. The van der Waals surface area contributed by atoms with Gasteiger partial charge in [-0.1, -0.05) is 42.6 Å². The van der Waals surface area contributed by atoms with Crippen LogP contribution < -0.4 is 5.14 Å². The zero-order chi connectivity index (χ0) is 20.3. The van der Waals surface area contributed by atoms with Gasteiger partial charge in [0.15, 0.2) is 0 Å². The lowest BCUT2D eigenvalue weighted by molar-refractivity contribution is -0.114. The number of Topliss-reactive ketones (excluding diaryl/α,β-unsaturated/α-hetero) is 1. The highest BCUT2D eigenvalue weighted by molar-refractivity contribution is 8.45. The molecule has 0 unspecified atom stereocenters. The topological polar surface area (TPSA) is 88.8 Å². The molecular formula is C12H12Cl2F5N3O2S2. The van der Waals surface area contributed by atoms with Crippen LogP contribution in [0, 0.1) is 0 Å². The Labute approximate surface area is 154 Å². The molecule has 0 aliphatic heterocycles. The van der Waals surface area contributed by atoms with Crippen molar-refractivity contribution in [1.82, 2.24) is 10.2 Å². The van der Waals surface area contributed by atoms with E-state index < -0.39 is 50.8 Å². The van der Waals surface area contributed by atoms with Crippen molar-refractivity contribution in [2.45, 2.75) is 21.7 Å². The van der Waals surface area contributed by atoms with E-state index in [1.165, 1.54) is 0 Å². The summed E-state index contributed by atoms with van der Waals surface area (Å²) in [5.41, 5.74) is 0. The molecule has 1 aromatic heterocycles. The average Bonchev–Trinajstić information content (AvgIpc) is 2.87. The fourth-order valence-corrected chi connectivity index (χ4v) is 7.57. The van der Waals surface area contributed by atoms with Crippen LogP contribution in [-0.4, -0.2) is 25.9 Å². The Morgan fingerprint density at radius 1 is 1.23 bits per heavy atom. The summed E-state index contributed by atoms with van der Waals surface area (Å²) in [6, 6.07) is 0.894. The van der Waals surface area contributed by atoms with Gasteiger partial charge in [0.2, 0.25) is 0 Å². The van der Waals surface area contributed by atoms with Crippen LogP contribution in [0.5, 0.6) is 0 Å². The van der Waals surface area contributed by atoms with Gasteiger partial charge in [-0.25, -0.2) is 0 Å². The number of aromatic nitrogens is 2. The van der Waals surface area contributed by atoms with Crippen molar-refractivity contribution in [2.24, 2.45) is 5.14 Å². The van der Waals surface area contributed by atoms with Crippen molar-refractivity contribution in [3.05, 3.63) is 34.4 Å². The number of H-pyrrole nitrogens is 1. The van der Waals surface area contributed by atoms with Crippen LogP contribution in [0.4, 0.5) is 19.4 Å². The molecule has 0 aliphatic carbocycles. The first kappa shape index (κ1) is 21.1. The molecular weight excluding hydrogens is 448 g/mol. The Balaban J connectivity index is 2.90. The van der Waals surface area contributed by atoms with Gasteiger partial charge < -0.3 is 0 Å². The average molecular weight is 460 g/mol. The number of nitrogens with zero attached hydrogens (tertiary/aromatic N) is 1. The number of hydrogen-bond donors (Lipinski definition) is 2. The van der Waals surface area contributed by atoms with Gasteiger partial charge in [0, 0.05) is 15.4 Å². The van der Waals surface area contributed by atoms with Gasteiger partial charge in [-0.15, -0.1) is 0 Å². The lowest BCUT2D eigenvalue weighted by Gasteiger charge is -2.42. The molecule has 1 aromatic carbocycles. The number of nitrogens with one attached hydrogen (secondary N) is 1. The van der Waals surface area contributed by atoms with Crippen LogP contribution in [-0.2, 0) is 14.0 Å². The number of nitrogens with two attached hydrogens (primary N) is 1. The molecule has 0 bridgehead atoms. The number of carbonyl (C=O) groups is 1. The zero-order valence-corrected chi connectivity index (χ0v) is 16.0. The highest BCUT2D eigenvalue weighted by atomic mass is 35.5. The second kappa shape index (κ2) is 5.19. The van der Waals surface area contributed by atoms with Gasteiger partial charge in [-0.05, 0) is 25.1 Å². The summed E-state index contributed by atoms with van der Waals surface area (Å²) >= 11 is 11.5. The quantitative estimate of drug-likeness (QED) is 0.611. The first-order valence-electron chi connectivity index (χ1n) is 6.52. The predicted octanol–water partition coefficient (Wildman–Crippen LogP) is 5.07. The molecule has 2 aromatic rings. The molecule has 0 spiro atoms. The van der Waals surface area contributed by atoms with Crippen LogP contribution in [0.25, 0.3) is 0 Å². The second-order valence-electron chi connectivity index (χ2n) is 5.63. The number of carbonyl (C=O) groups excluding carboxylic acids is 1. The summed E-state index contributed by atoms with van der Waals surface area (Å²) in [5, 5.41) is 9.42. The molecule has 3 N–H and O–H groups in total. The highest BCUT2D eigenvalue weighted by Gasteiger charge is 2.66. The van der Waals surface area contributed by atoms with Gasteiger partial charge in [0.05, 0.1) is 20.7 Å². The monoisotopic (exact) mass is 459 g/mol. The van der Waals surface area contributed by atoms with Crippen LogP contribution in [0.3, 0.4) is 0 Å². The maximum atomic E-state index is 13.7. The first-order valence-corrected chi connectivity index (χ1v) is 11.4. The molecule has 14 heteroatoms. The molecule has 2 rings (SSSR count). The van der Waals surface area contributed by atoms with Crippen molar-refractivity contribution in [1.29, 1.82) is 0 Å². The number of rotatable bonds is 5. The molecule has 0 amide bonds. The molecule has 26 heavy (non-hydrogen) atoms. The molecule has 0 atom stereocenters. The number of hydrogen-bond acceptors (Lipinski definition) is 3. The van der Waals surface area contributed by atoms with Crippen LogP contribution >= 0.6 is 33.4 Å². The highest BCUT2D eigenvalue weighted by Crippen LogP contribution is 3.02. The maximum Gasteiger partial charge on any atom is 0.310 e. The van der Waals surface area contributed by atoms with Crippen molar-refractivity contribution >= 4 is 48.5 Å². The normalized spacial score (nSPS) is 17.0. The largest absolute Gasteiger partial charge is 0.310 e. The summed E-state index contributed by atoms with van der Waals surface area (Å²) in [7, 11) is -15.1. The third-order valence-electron chi connectivity index (χ3n) is 3.31. The van der Waals surface area contributed by atoms with Crippen molar-refractivity contribution in [3.63, 3.8) is 0 Å². The third-order valence-corrected chi connectivity index (χ3v) is 8.77. The first-order chi connectivity index (χ1) is 11.3. The van der Waals surface area contributed by atoms with E-state index in [4.69, 9.17) is 28.3 Å². The minimum absolute atomic E-state index is 0.110. The van der Waals surface area contributed by atoms with Crippen molar-refractivity contribution < 1.29 is 28.4 Å². The maximum absolute atomic E-state index is 13.7. The van der Waals surface area contributed by atoms with E-state index in [9.17, 15) is 28.4 Å². The number of ketones is 1. The minimum atomic E-state index is -10.1. The Morgan fingerprint density at radius 2 is 1.73 bits per heavy atom. The SMILES string of the molecule is CC(=O)CS(N)(=O)(c1ccn[nH]1)c1c(Cl)cc(S(F)(F)(F)(F)F)cc1Cl. The molecule has 0 saturated carbocycles. The van der Waals surface area contributed by atoms with E-state index in [-0.39, 0.29) is 17.2 Å². The van der Waals surface area contributed by atoms with Crippen molar-refractivity contribution in [3.8, 4) is 0 Å². The standard InChI is InChI=1S/C12H12Cl2F5N3O2S2/c1-7(23)6-25(20,24,11-2-3-21-22-11)12-9(13)4-8(5-10(12)14)26(15,16,17,18)19/h2-5H,6H2,1H3,(H2,20,24)(H,21,22). The lowest BCUT2D eigenvalue weighted by Crippen LogP contribution is -2.49. The van der Waals surface area contributed by atoms with Gasteiger partial charge in [0.1, 0.15) is 15.7 Å². The number of aromatic amines is 1. The van der Waals surface area contributed by atoms with E-state index in [2.05, 4.69) is 10.2 Å². The number of benzene rings is 1. The molecule has 0 saturated heterocycles. The van der Waals surface area contributed by atoms with E-state index in [1.807, 2.05) is 0 Å². The summed E-state index contributed by atoms with van der Waals surface area (Å²) in [6.45, 7) is 1.03. The predicted molar refractivity (Wildman–Crippen MR) is 90.9 cm³/mol. The second-order valence-corrected chi connectivity index (χ2v) is 12.3. The molecule has 0 aliphatic rings. The fourth-order valence-electron chi connectivity index (χ4n) is 2.34. The van der Waals surface area contributed by atoms with E-state index >= 15 is 0 Å². The summed E-state index contributed by atoms with van der Waals surface area (Å²) in [5.74, 6) is -1.59. The summed E-state index contributed by atoms with van der Waals surface area (Å²) in [4.78, 5) is 8.49. The van der Waals surface area contributed by atoms with Crippen LogP contribution in [0.2, 0.25) is 10.0 Å². The van der Waals surface area contributed by atoms with Gasteiger partial charge >= 0.3 is 10.2 Å². The minimum Gasteiger partial charge on any atom is -0.299 e. The smallest absolute Gasteiger partial charge is 0.299 e. The van der Waals surface area contributed by atoms with Crippen LogP contribution in [0.15, 0.2) is 39.2 Å². The zero-order valence-electron chi connectivity index (χ0n) is 12.8. The van der Waals surface area contributed by atoms with Crippen LogP contribution in [0.1, 0.15) is 6.92 Å². The molecule has 148 valence electrons. The Kier molecular flexibility index (Phi) is 4.21. The number of halogens is 7. The van der Waals surface area contributed by atoms with E-state index in [0.29, 0.717) is 0 Å². The Bertz CT molecular complexity index is 956. The van der Waals surface area contributed by atoms with Gasteiger partial charge in [0.25, 0.3) is 0 Å². The Hall–Kier alpha value is -1.21. The lowest BCUT2D eigenvalue weighted by atomic mass is 10.3. The molecule has 1 heterocycles. The summed E-state index contributed by atoms with van der Waals surface area (Å²) in [6.07, 6.45) is 1.13. The Morgan fingerprint density at radius 3 is 2.08 bits per heavy atom. The van der Waals surface area contributed by atoms with E-state index in [1.54, 1.807) is 0 Å². The van der Waals surface area contributed by atoms with Gasteiger partial charge in [-0.2, -0.15) is 5.10 Å².